The molecule has 3 N–H and O–H groups in total. The van der Waals surface area contributed by atoms with Gasteiger partial charge in [0.1, 0.15) is 11.5 Å². The number of benzene rings is 1. The Kier molecular flexibility index (Phi) is 3.96. The number of hydrogen-bond donors (Lipinski definition) is 2. The molecule has 0 bridgehead atoms. The highest BCUT2D eigenvalue weighted by Crippen LogP contribution is 2.23. The molecular formula is C12H10ClN3OS. The summed E-state index contributed by atoms with van der Waals surface area (Å²) in [5.74, 6) is 1.34. The molecular weight excluding hydrogens is 270 g/mol. The second-order valence-electron chi connectivity index (χ2n) is 3.44. The molecule has 0 atom stereocenters. The third-order valence-corrected chi connectivity index (χ3v) is 2.47. The molecule has 2 aromatic rings. The van der Waals surface area contributed by atoms with Gasteiger partial charge in [-0.15, -0.1) is 0 Å². The molecule has 18 heavy (non-hydrogen) atoms. The van der Waals surface area contributed by atoms with Crippen molar-refractivity contribution < 1.29 is 4.42 Å². The molecule has 0 radical (unpaired) electrons. The van der Waals surface area contributed by atoms with Crippen molar-refractivity contribution in [1.82, 2.24) is 5.43 Å². The van der Waals surface area contributed by atoms with Gasteiger partial charge in [0.15, 0.2) is 5.11 Å². The Bertz CT molecular complexity index is 577. The van der Waals surface area contributed by atoms with Gasteiger partial charge in [0.25, 0.3) is 0 Å². The summed E-state index contributed by atoms with van der Waals surface area (Å²) < 4.78 is 5.57. The number of thiocarbonyl (C=S) groups is 1. The molecule has 0 amide bonds. The molecule has 0 unspecified atom stereocenters. The van der Waals surface area contributed by atoms with E-state index in [0.29, 0.717) is 10.8 Å². The van der Waals surface area contributed by atoms with E-state index in [1.165, 1.54) is 6.21 Å². The molecule has 2 rings (SSSR count). The van der Waals surface area contributed by atoms with Crippen LogP contribution in [0.25, 0.3) is 11.3 Å². The van der Waals surface area contributed by atoms with E-state index in [1.807, 2.05) is 30.3 Å². The quantitative estimate of drug-likeness (QED) is 0.515. The van der Waals surface area contributed by atoms with E-state index in [-0.39, 0.29) is 5.11 Å². The summed E-state index contributed by atoms with van der Waals surface area (Å²) in [6, 6.07) is 11.0. The van der Waals surface area contributed by atoms with Crippen molar-refractivity contribution in [2.24, 2.45) is 10.8 Å². The predicted octanol–water partition coefficient (Wildman–Crippen LogP) is 2.77. The fraction of sp³-hybridized carbons (Fsp3) is 0. The molecule has 0 aliphatic carbocycles. The van der Waals surface area contributed by atoms with Gasteiger partial charge in [-0.3, -0.25) is 5.43 Å². The average molecular weight is 280 g/mol. The smallest absolute Gasteiger partial charge is 0.184 e. The van der Waals surface area contributed by atoms with Gasteiger partial charge < -0.3 is 10.2 Å². The first-order valence-electron chi connectivity index (χ1n) is 5.09. The Labute approximate surface area is 114 Å². The fourth-order valence-electron chi connectivity index (χ4n) is 1.35. The Morgan fingerprint density at radius 3 is 2.67 bits per heavy atom. The van der Waals surface area contributed by atoms with Crippen LogP contribution in [0.4, 0.5) is 0 Å². The van der Waals surface area contributed by atoms with E-state index in [9.17, 15) is 0 Å². The Morgan fingerprint density at radius 1 is 1.28 bits per heavy atom. The van der Waals surface area contributed by atoms with Gasteiger partial charge >= 0.3 is 0 Å². The third-order valence-electron chi connectivity index (χ3n) is 2.12. The summed E-state index contributed by atoms with van der Waals surface area (Å²) in [6.45, 7) is 0. The number of halogens is 1. The minimum absolute atomic E-state index is 0.107. The number of nitrogens with zero attached hydrogens (tertiary/aromatic N) is 1. The lowest BCUT2D eigenvalue weighted by Gasteiger charge is -1.96. The van der Waals surface area contributed by atoms with E-state index in [1.54, 1.807) is 6.07 Å². The van der Waals surface area contributed by atoms with Gasteiger partial charge in [0.05, 0.1) is 6.21 Å². The number of rotatable bonds is 3. The van der Waals surface area contributed by atoms with Crippen molar-refractivity contribution in [3.8, 4) is 11.3 Å². The van der Waals surface area contributed by atoms with Crippen LogP contribution in [-0.4, -0.2) is 11.3 Å². The number of hydrogen-bond acceptors (Lipinski definition) is 3. The maximum absolute atomic E-state index is 5.82. The van der Waals surface area contributed by atoms with E-state index >= 15 is 0 Å². The van der Waals surface area contributed by atoms with Crippen LogP contribution in [0.3, 0.4) is 0 Å². The SMILES string of the molecule is NC(=S)N/N=C/c1ccc(-c2ccc(Cl)cc2)o1. The van der Waals surface area contributed by atoms with Gasteiger partial charge in [0.2, 0.25) is 0 Å². The van der Waals surface area contributed by atoms with Crippen molar-refractivity contribution in [3.05, 3.63) is 47.2 Å². The lowest BCUT2D eigenvalue weighted by atomic mass is 10.2. The molecule has 0 fully saturated rings. The maximum Gasteiger partial charge on any atom is 0.184 e. The van der Waals surface area contributed by atoms with Crippen LogP contribution in [0, 0.1) is 0 Å². The van der Waals surface area contributed by atoms with Crippen LogP contribution in [0.15, 0.2) is 45.9 Å². The molecule has 0 aliphatic heterocycles. The molecule has 92 valence electrons. The number of nitrogens with one attached hydrogen (secondary N) is 1. The molecule has 1 aromatic carbocycles. The Hall–Kier alpha value is -1.85. The van der Waals surface area contributed by atoms with Crippen molar-refractivity contribution in [2.75, 3.05) is 0 Å². The fourth-order valence-corrected chi connectivity index (χ4v) is 1.53. The second kappa shape index (κ2) is 5.66. The predicted molar refractivity (Wildman–Crippen MR) is 76.7 cm³/mol. The standard InChI is InChI=1S/C12H10ClN3OS/c13-9-3-1-8(2-4-9)11-6-5-10(17-11)7-15-16-12(14)18/h1-7H,(H3,14,16,18)/b15-7+. The largest absolute Gasteiger partial charge is 0.455 e. The summed E-state index contributed by atoms with van der Waals surface area (Å²) in [5, 5.41) is 4.60. The Morgan fingerprint density at radius 2 is 2.00 bits per heavy atom. The third kappa shape index (κ3) is 3.32. The molecule has 4 nitrogen and oxygen atoms in total. The molecule has 0 saturated heterocycles. The highest BCUT2D eigenvalue weighted by molar-refractivity contribution is 7.80. The Balaban J connectivity index is 2.12. The monoisotopic (exact) mass is 279 g/mol. The van der Waals surface area contributed by atoms with Crippen molar-refractivity contribution in [1.29, 1.82) is 0 Å². The van der Waals surface area contributed by atoms with Crippen LogP contribution in [0.1, 0.15) is 5.76 Å². The van der Waals surface area contributed by atoms with E-state index < -0.39 is 0 Å². The molecule has 0 aliphatic rings. The summed E-state index contributed by atoms with van der Waals surface area (Å²) in [5.41, 5.74) is 8.63. The van der Waals surface area contributed by atoms with Crippen molar-refractivity contribution in [3.63, 3.8) is 0 Å². The topological polar surface area (TPSA) is 63.5 Å². The van der Waals surface area contributed by atoms with Crippen molar-refractivity contribution in [2.45, 2.75) is 0 Å². The lowest BCUT2D eigenvalue weighted by molar-refractivity contribution is 0.574. The molecule has 1 aromatic heterocycles. The first kappa shape index (κ1) is 12.6. The summed E-state index contributed by atoms with van der Waals surface area (Å²) in [4.78, 5) is 0. The normalized spacial score (nSPS) is 10.7. The zero-order valence-electron chi connectivity index (χ0n) is 9.26. The molecule has 0 spiro atoms. The highest BCUT2D eigenvalue weighted by atomic mass is 35.5. The molecule has 6 heteroatoms. The van der Waals surface area contributed by atoms with Crippen LogP contribution in [0.5, 0.6) is 0 Å². The minimum Gasteiger partial charge on any atom is -0.455 e. The van der Waals surface area contributed by atoms with Gasteiger partial charge in [-0.1, -0.05) is 11.6 Å². The highest BCUT2D eigenvalue weighted by Gasteiger charge is 2.03. The van der Waals surface area contributed by atoms with Crippen molar-refractivity contribution >= 4 is 35.1 Å². The average Bonchev–Trinajstić information content (AvgIpc) is 2.78. The van der Waals surface area contributed by atoms with Crippen LogP contribution in [0.2, 0.25) is 5.02 Å². The van der Waals surface area contributed by atoms with Gasteiger partial charge in [-0.2, -0.15) is 5.10 Å². The molecule has 1 heterocycles. The first-order chi connectivity index (χ1) is 8.65. The summed E-state index contributed by atoms with van der Waals surface area (Å²) in [6.07, 6.45) is 1.50. The van der Waals surface area contributed by atoms with Gasteiger partial charge in [0, 0.05) is 10.6 Å². The van der Waals surface area contributed by atoms with Crippen LogP contribution >= 0.6 is 23.8 Å². The van der Waals surface area contributed by atoms with E-state index in [2.05, 4.69) is 22.7 Å². The van der Waals surface area contributed by atoms with Gasteiger partial charge in [-0.05, 0) is 48.6 Å². The first-order valence-corrected chi connectivity index (χ1v) is 5.88. The van der Waals surface area contributed by atoms with E-state index in [0.717, 1.165) is 11.3 Å². The van der Waals surface area contributed by atoms with Crippen LogP contribution in [-0.2, 0) is 0 Å². The minimum atomic E-state index is 0.107. The van der Waals surface area contributed by atoms with E-state index in [4.69, 9.17) is 21.8 Å². The number of furan rings is 1. The number of nitrogens with two attached hydrogens (primary N) is 1. The number of hydrazone groups is 1. The summed E-state index contributed by atoms with van der Waals surface area (Å²) in [7, 11) is 0. The lowest BCUT2D eigenvalue weighted by Crippen LogP contribution is -2.23. The van der Waals surface area contributed by atoms with Crippen LogP contribution < -0.4 is 11.2 Å². The molecule has 0 saturated carbocycles. The zero-order chi connectivity index (χ0) is 13.0. The maximum atomic E-state index is 5.82. The van der Waals surface area contributed by atoms with Gasteiger partial charge in [-0.25, -0.2) is 0 Å². The summed E-state index contributed by atoms with van der Waals surface area (Å²) >= 11 is 10.4. The zero-order valence-corrected chi connectivity index (χ0v) is 10.8. The second-order valence-corrected chi connectivity index (χ2v) is 4.32.